The smallest absolute Gasteiger partial charge is 0.254 e. The highest BCUT2D eigenvalue weighted by Gasteiger charge is 2.32. The molecule has 2 atom stereocenters. The fraction of sp³-hybridized carbons (Fsp3) is 0.385. The average Bonchev–Trinajstić information content (AvgIpc) is 2.89. The number of benzene rings is 1. The van der Waals surface area contributed by atoms with Gasteiger partial charge < -0.3 is 16.3 Å². The summed E-state index contributed by atoms with van der Waals surface area (Å²) in [6.07, 6.45) is 2.12. The zero-order valence-electron chi connectivity index (χ0n) is 10.6. The van der Waals surface area contributed by atoms with E-state index in [4.69, 9.17) is 10.9 Å². The van der Waals surface area contributed by atoms with Gasteiger partial charge in [-0.15, -0.1) is 0 Å². The van der Waals surface area contributed by atoms with Gasteiger partial charge in [0.25, 0.3) is 5.91 Å². The third-order valence-corrected chi connectivity index (χ3v) is 3.52. The SMILES string of the molecule is NC(=NO)C1CCCC1NC(=O)c1cccc(F)c1F. The van der Waals surface area contributed by atoms with Crippen molar-refractivity contribution in [2.45, 2.75) is 25.3 Å². The summed E-state index contributed by atoms with van der Waals surface area (Å²) >= 11 is 0. The summed E-state index contributed by atoms with van der Waals surface area (Å²) in [5.74, 6) is -3.21. The Labute approximate surface area is 114 Å². The van der Waals surface area contributed by atoms with Crippen LogP contribution in [-0.2, 0) is 0 Å². The molecule has 4 N–H and O–H groups in total. The molecule has 0 heterocycles. The first kappa shape index (κ1) is 14.2. The monoisotopic (exact) mass is 283 g/mol. The van der Waals surface area contributed by atoms with Gasteiger partial charge in [0.15, 0.2) is 11.6 Å². The second-order valence-electron chi connectivity index (χ2n) is 4.74. The van der Waals surface area contributed by atoms with Crippen molar-refractivity contribution in [1.82, 2.24) is 5.32 Å². The Kier molecular flexibility index (Phi) is 4.16. The number of carbonyl (C=O) groups excluding carboxylic acids is 1. The second-order valence-corrected chi connectivity index (χ2v) is 4.74. The molecule has 2 rings (SSSR count). The van der Waals surface area contributed by atoms with Gasteiger partial charge in [0.1, 0.15) is 5.84 Å². The van der Waals surface area contributed by atoms with Crippen LogP contribution in [0.25, 0.3) is 0 Å². The van der Waals surface area contributed by atoms with Crippen LogP contribution in [0, 0.1) is 17.6 Å². The number of nitrogens with one attached hydrogen (secondary N) is 1. The highest BCUT2D eigenvalue weighted by Crippen LogP contribution is 2.26. The minimum Gasteiger partial charge on any atom is -0.409 e. The lowest BCUT2D eigenvalue weighted by Crippen LogP contribution is -2.42. The highest BCUT2D eigenvalue weighted by molar-refractivity contribution is 5.95. The molecule has 5 nitrogen and oxygen atoms in total. The van der Waals surface area contributed by atoms with Crippen LogP contribution < -0.4 is 11.1 Å². The molecule has 108 valence electrons. The van der Waals surface area contributed by atoms with Crippen molar-refractivity contribution < 1.29 is 18.8 Å². The Morgan fingerprint density at radius 3 is 2.85 bits per heavy atom. The minimum absolute atomic E-state index is 0.0347. The molecule has 0 saturated heterocycles. The number of halogens is 2. The molecule has 1 aromatic rings. The molecule has 0 spiro atoms. The Hall–Kier alpha value is -2.18. The molecule has 1 aliphatic carbocycles. The maximum Gasteiger partial charge on any atom is 0.254 e. The number of hydrogen-bond acceptors (Lipinski definition) is 3. The van der Waals surface area contributed by atoms with E-state index in [1.165, 1.54) is 12.1 Å². The summed E-state index contributed by atoms with van der Waals surface area (Å²) in [5.41, 5.74) is 5.20. The van der Waals surface area contributed by atoms with E-state index < -0.39 is 17.5 Å². The summed E-state index contributed by atoms with van der Waals surface area (Å²) in [5, 5.41) is 14.2. The molecule has 0 bridgehead atoms. The highest BCUT2D eigenvalue weighted by atomic mass is 19.2. The fourth-order valence-electron chi connectivity index (χ4n) is 2.49. The van der Waals surface area contributed by atoms with Crippen LogP contribution in [0.2, 0.25) is 0 Å². The van der Waals surface area contributed by atoms with Gasteiger partial charge in [0.05, 0.1) is 5.56 Å². The molecule has 1 aromatic carbocycles. The molecule has 1 fully saturated rings. The van der Waals surface area contributed by atoms with Crippen LogP contribution in [0.1, 0.15) is 29.6 Å². The zero-order chi connectivity index (χ0) is 14.7. The van der Waals surface area contributed by atoms with E-state index in [-0.39, 0.29) is 23.4 Å². The molecule has 0 aromatic heterocycles. The van der Waals surface area contributed by atoms with Crippen LogP contribution >= 0.6 is 0 Å². The number of nitrogens with zero attached hydrogens (tertiary/aromatic N) is 1. The van der Waals surface area contributed by atoms with E-state index in [0.29, 0.717) is 12.8 Å². The number of amides is 1. The molecule has 1 aliphatic rings. The summed E-state index contributed by atoms with van der Waals surface area (Å²) in [4.78, 5) is 12.0. The Morgan fingerprint density at radius 1 is 1.40 bits per heavy atom. The summed E-state index contributed by atoms with van der Waals surface area (Å²) < 4.78 is 26.6. The number of oxime groups is 1. The van der Waals surface area contributed by atoms with Crippen LogP contribution in [0.5, 0.6) is 0 Å². The topological polar surface area (TPSA) is 87.7 Å². The van der Waals surface area contributed by atoms with Crippen LogP contribution in [0.4, 0.5) is 8.78 Å². The zero-order valence-corrected chi connectivity index (χ0v) is 10.6. The van der Waals surface area contributed by atoms with Crippen molar-refractivity contribution in [2.75, 3.05) is 0 Å². The first-order valence-electron chi connectivity index (χ1n) is 6.27. The second kappa shape index (κ2) is 5.85. The lowest BCUT2D eigenvalue weighted by molar-refractivity contribution is 0.0928. The number of rotatable bonds is 3. The van der Waals surface area contributed by atoms with E-state index >= 15 is 0 Å². The normalized spacial score (nSPS) is 22.8. The predicted octanol–water partition coefficient (Wildman–Crippen LogP) is 1.61. The maximum absolute atomic E-state index is 13.5. The fourth-order valence-corrected chi connectivity index (χ4v) is 2.49. The average molecular weight is 283 g/mol. The van der Waals surface area contributed by atoms with E-state index in [0.717, 1.165) is 12.5 Å². The molecule has 0 radical (unpaired) electrons. The number of carbonyl (C=O) groups is 1. The molecule has 0 aliphatic heterocycles. The molecule has 1 amide bonds. The van der Waals surface area contributed by atoms with Gasteiger partial charge in [0, 0.05) is 12.0 Å². The number of amidine groups is 1. The van der Waals surface area contributed by atoms with Crippen LogP contribution in [0.15, 0.2) is 23.4 Å². The van der Waals surface area contributed by atoms with Gasteiger partial charge in [-0.3, -0.25) is 4.79 Å². The van der Waals surface area contributed by atoms with Crippen molar-refractivity contribution in [3.05, 3.63) is 35.4 Å². The molecule has 20 heavy (non-hydrogen) atoms. The first-order chi connectivity index (χ1) is 9.54. The van der Waals surface area contributed by atoms with Gasteiger partial charge in [-0.1, -0.05) is 17.6 Å². The minimum atomic E-state index is -1.18. The van der Waals surface area contributed by atoms with Gasteiger partial charge in [-0.25, -0.2) is 8.78 Å². The third kappa shape index (κ3) is 2.71. The molecular weight excluding hydrogens is 268 g/mol. The first-order valence-corrected chi connectivity index (χ1v) is 6.27. The van der Waals surface area contributed by atoms with Crippen molar-refractivity contribution in [3.63, 3.8) is 0 Å². The van der Waals surface area contributed by atoms with E-state index in [1.807, 2.05) is 0 Å². The Morgan fingerprint density at radius 2 is 2.15 bits per heavy atom. The predicted molar refractivity (Wildman–Crippen MR) is 68.4 cm³/mol. The summed E-state index contributed by atoms with van der Waals surface area (Å²) in [6, 6.07) is 3.08. The van der Waals surface area contributed by atoms with Gasteiger partial charge >= 0.3 is 0 Å². The Balaban J connectivity index is 2.13. The summed E-state index contributed by atoms with van der Waals surface area (Å²) in [6.45, 7) is 0. The largest absolute Gasteiger partial charge is 0.409 e. The van der Waals surface area contributed by atoms with Gasteiger partial charge in [0.2, 0.25) is 0 Å². The standard InChI is InChI=1S/C13H15F2N3O2/c14-9-5-1-4-8(11(9)15)13(19)17-10-6-2-3-7(10)12(16)18-20/h1,4-5,7,10,20H,2-3,6H2,(H2,16,18)(H,17,19). The third-order valence-electron chi connectivity index (χ3n) is 3.52. The lowest BCUT2D eigenvalue weighted by Gasteiger charge is -2.20. The van der Waals surface area contributed by atoms with Crippen molar-refractivity contribution >= 4 is 11.7 Å². The maximum atomic E-state index is 13.5. The molecule has 1 saturated carbocycles. The van der Waals surface area contributed by atoms with Gasteiger partial charge in [-0.2, -0.15) is 0 Å². The van der Waals surface area contributed by atoms with Crippen LogP contribution in [-0.4, -0.2) is 23.0 Å². The lowest BCUT2D eigenvalue weighted by atomic mass is 10.0. The molecular formula is C13H15F2N3O2. The van der Waals surface area contributed by atoms with Crippen molar-refractivity contribution in [2.24, 2.45) is 16.8 Å². The summed E-state index contributed by atoms with van der Waals surface area (Å²) in [7, 11) is 0. The number of hydrogen-bond donors (Lipinski definition) is 3. The van der Waals surface area contributed by atoms with Gasteiger partial charge in [-0.05, 0) is 25.0 Å². The van der Waals surface area contributed by atoms with Crippen molar-refractivity contribution in [3.8, 4) is 0 Å². The quantitative estimate of drug-likeness (QED) is 0.341. The van der Waals surface area contributed by atoms with E-state index in [2.05, 4.69) is 10.5 Å². The Bertz CT molecular complexity index is 548. The van der Waals surface area contributed by atoms with Crippen molar-refractivity contribution in [1.29, 1.82) is 0 Å². The van der Waals surface area contributed by atoms with E-state index in [9.17, 15) is 13.6 Å². The molecule has 7 heteroatoms. The molecule has 2 unspecified atom stereocenters. The van der Waals surface area contributed by atoms with E-state index in [1.54, 1.807) is 0 Å². The number of nitrogens with two attached hydrogens (primary N) is 1. The van der Waals surface area contributed by atoms with Crippen LogP contribution in [0.3, 0.4) is 0 Å².